The zero-order valence-electron chi connectivity index (χ0n) is 10.0. The number of aliphatic hydroxyl groups is 1. The zero-order chi connectivity index (χ0) is 12.8. The third-order valence-corrected chi connectivity index (χ3v) is 3.57. The van der Waals surface area contributed by atoms with Gasteiger partial charge in [0, 0.05) is 13.1 Å². The number of nitrogens with one attached hydrogen (secondary N) is 1. The van der Waals surface area contributed by atoms with Gasteiger partial charge in [-0.25, -0.2) is 0 Å². The predicted molar refractivity (Wildman–Crippen MR) is 68.8 cm³/mol. The summed E-state index contributed by atoms with van der Waals surface area (Å²) in [6, 6.07) is 0. The molecule has 2 aromatic heterocycles. The van der Waals surface area contributed by atoms with E-state index >= 15 is 0 Å². The van der Waals surface area contributed by atoms with Crippen molar-refractivity contribution in [2.24, 2.45) is 0 Å². The number of fused-ring (bicyclic) bond motifs is 1. The highest BCUT2D eigenvalue weighted by Crippen LogP contribution is 2.29. The van der Waals surface area contributed by atoms with E-state index in [-0.39, 0.29) is 5.28 Å². The molecule has 2 N–H and O–H groups in total. The van der Waals surface area contributed by atoms with Crippen LogP contribution in [0.2, 0.25) is 5.28 Å². The van der Waals surface area contributed by atoms with E-state index < -0.39 is 5.60 Å². The molecule has 1 saturated heterocycles. The molecule has 1 fully saturated rings. The minimum atomic E-state index is -0.581. The van der Waals surface area contributed by atoms with Gasteiger partial charge in [0.2, 0.25) is 5.28 Å². The van der Waals surface area contributed by atoms with Crippen LogP contribution in [0.1, 0.15) is 19.8 Å². The number of hydrogen-bond donors (Lipinski definition) is 2. The number of rotatable bonds is 1. The molecule has 0 radical (unpaired) electrons. The summed E-state index contributed by atoms with van der Waals surface area (Å²) in [4.78, 5) is 10.5. The van der Waals surface area contributed by atoms with Crippen LogP contribution in [0.5, 0.6) is 0 Å². The molecule has 1 aliphatic heterocycles. The van der Waals surface area contributed by atoms with Gasteiger partial charge >= 0.3 is 0 Å². The van der Waals surface area contributed by atoms with Gasteiger partial charge in [0.1, 0.15) is 5.82 Å². The lowest BCUT2D eigenvalue weighted by atomic mass is 9.94. The highest BCUT2D eigenvalue weighted by molar-refractivity contribution is 6.28. The molecule has 0 atom stereocenters. The second-order valence-electron chi connectivity index (χ2n) is 4.93. The number of halogens is 1. The summed E-state index contributed by atoms with van der Waals surface area (Å²) in [5.74, 6) is 0.786. The van der Waals surface area contributed by atoms with Crippen LogP contribution < -0.4 is 4.90 Å². The lowest BCUT2D eigenvalue weighted by Gasteiger charge is -2.36. The number of aromatic amines is 1. The molecule has 1 aliphatic rings. The van der Waals surface area contributed by atoms with E-state index in [1.54, 1.807) is 6.20 Å². The number of nitrogens with zero attached hydrogens (tertiary/aromatic N) is 4. The van der Waals surface area contributed by atoms with Gasteiger partial charge in [0.05, 0.1) is 17.2 Å². The van der Waals surface area contributed by atoms with Gasteiger partial charge in [-0.3, -0.25) is 5.10 Å². The van der Waals surface area contributed by atoms with Gasteiger partial charge < -0.3 is 10.0 Å². The Morgan fingerprint density at radius 3 is 2.83 bits per heavy atom. The topological polar surface area (TPSA) is 77.9 Å². The molecule has 3 rings (SSSR count). The monoisotopic (exact) mass is 267 g/mol. The largest absolute Gasteiger partial charge is 0.390 e. The van der Waals surface area contributed by atoms with Crippen LogP contribution in [-0.4, -0.2) is 44.0 Å². The average Bonchev–Trinajstić information content (AvgIpc) is 2.76. The van der Waals surface area contributed by atoms with Crippen molar-refractivity contribution in [2.75, 3.05) is 18.0 Å². The summed E-state index contributed by atoms with van der Waals surface area (Å²) in [5.41, 5.74) is 0.0605. The van der Waals surface area contributed by atoms with Gasteiger partial charge in [-0.05, 0) is 31.4 Å². The third-order valence-electron chi connectivity index (χ3n) is 3.40. The summed E-state index contributed by atoms with van der Waals surface area (Å²) in [7, 11) is 0. The SMILES string of the molecule is CC1(O)CCN(c2nc(Cl)nc3[nH]ncc23)CC1. The molecule has 7 heteroatoms. The highest BCUT2D eigenvalue weighted by Gasteiger charge is 2.29. The number of hydrogen-bond acceptors (Lipinski definition) is 5. The van der Waals surface area contributed by atoms with Crippen LogP contribution in [-0.2, 0) is 0 Å². The third kappa shape index (κ3) is 2.02. The smallest absolute Gasteiger partial charge is 0.226 e. The molecule has 6 nitrogen and oxygen atoms in total. The Morgan fingerprint density at radius 1 is 1.39 bits per heavy atom. The fraction of sp³-hybridized carbons (Fsp3) is 0.545. The minimum absolute atomic E-state index is 0.207. The summed E-state index contributed by atoms with van der Waals surface area (Å²) in [6.45, 7) is 3.37. The maximum atomic E-state index is 9.96. The molecule has 3 heterocycles. The van der Waals surface area contributed by atoms with Crippen molar-refractivity contribution < 1.29 is 5.11 Å². The maximum Gasteiger partial charge on any atom is 0.226 e. The van der Waals surface area contributed by atoms with Crippen LogP contribution >= 0.6 is 11.6 Å². The molecule has 0 saturated carbocycles. The Kier molecular flexibility index (Phi) is 2.64. The average molecular weight is 268 g/mol. The number of anilines is 1. The van der Waals surface area contributed by atoms with Gasteiger partial charge in [0.15, 0.2) is 5.65 Å². The standard InChI is InChI=1S/C11H14ClN5O/c1-11(18)2-4-17(5-3-11)9-7-6-13-16-8(7)14-10(12)15-9/h6,18H,2-5H2,1H3,(H,13,14,15,16). The minimum Gasteiger partial charge on any atom is -0.390 e. The fourth-order valence-electron chi connectivity index (χ4n) is 2.23. The van der Waals surface area contributed by atoms with E-state index in [0.717, 1.165) is 24.3 Å². The Hall–Kier alpha value is -1.40. The molecule has 0 unspecified atom stereocenters. The van der Waals surface area contributed by atoms with Crippen molar-refractivity contribution in [1.82, 2.24) is 20.2 Å². The van der Waals surface area contributed by atoms with Crippen molar-refractivity contribution in [3.63, 3.8) is 0 Å². The second-order valence-corrected chi connectivity index (χ2v) is 5.27. The van der Waals surface area contributed by atoms with Crippen molar-refractivity contribution in [3.8, 4) is 0 Å². The summed E-state index contributed by atoms with van der Waals surface area (Å²) in [6.07, 6.45) is 3.13. The van der Waals surface area contributed by atoms with Crippen molar-refractivity contribution in [2.45, 2.75) is 25.4 Å². The quantitative estimate of drug-likeness (QED) is 0.763. The lowest BCUT2D eigenvalue weighted by Crippen LogP contribution is -2.42. The number of aromatic nitrogens is 4. The zero-order valence-corrected chi connectivity index (χ0v) is 10.8. The van der Waals surface area contributed by atoms with Gasteiger partial charge in [-0.2, -0.15) is 15.1 Å². The predicted octanol–water partition coefficient (Wildman–Crippen LogP) is 1.36. The van der Waals surface area contributed by atoms with Gasteiger partial charge in [0.25, 0.3) is 0 Å². The summed E-state index contributed by atoms with van der Waals surface area (Å²) < 4.78 is 0. The normalized spacial score (nSPS) is 19.4. The number of piperidine rings is 1. The molecule has 2 aromatic rings. The van der Waals surface area contributed by atoms with E-state index in [1.807, 2.05) is 6.92 Å². The summed E-state index contributed by atoms with van der Waals surface area (Å²) in [5, 5.41) is 17.8. The Bertz CT molecular complexity index is 572. The van der Waals surface area contributed by atoms with Crippen molar-refractivity contribution in [3.05, 3.63) is 11.5 Å². The van der Waals surface area contributed by atoms with Gasteiger partial charge in [-0.1, -0.05) is 0 Å². The van der Waals surface area contributed by atoms with Gasteiger partial charge in [-0.15, -0.1) is 0 Å². The van der Waals surface area contributed by atoms with E-state index in [4.69, 9.17) is 11.6 Å². The first-order valence-electron chi connectivity index (χ1n) is 5.89. The molecule has 0 bridgehead atoms. The number of H-pyrrole nitrogens is 1. The Labute approximate surface area is 109 Å². The van der Waals surface area contributed by atoms with E-state index in [9.17, 15) is 5.11 Å². The van der Waals surface area contributed by atoms with Crippen LogP contribution in [0.15, 0.2) is 6.20 Å². The summed E-state index contributed by atoms with van der Waals surface area (Å²) >= 11 is 5.91. The molecule has 18 heavy (non-hydrogen) atoms. The lowest BCUT2D eigenvalue weighted by molar-refractivity contribution is 0.0350. The highest BCUT2D eigenvalue weighted by atomic mass is 35.5. The van der Waals surface area contributed by atoms with Crippen LogP contribution in [0, 0.1) is 0 Å². The van der Waals surface area contributed by atoms with Crippen molar-refractivity contribution in [1.29, 1.82) is 0 Å². The fourth-order valence-corrected chi connectivity index (χ4v) is 2.40. The first-order chi connectivity index (χ1) is 8.55. The molecule has 96 valence electrons. The first kappa shape index (κ1) is 11.7. The molecular formula is C11H14ClN5O. The van der Waals surface area contributed by atoms with Crippen LogP contribution in [0.3, 0.4) is 0 Å². The first-order valence-corrected chi connectivity index (χ1v) is 6.27. The second kappa shape index (κ2) is 4.07. The maximum absolute atomic E-state index is 9.96. The van der Waals surface area contributed by atoms with E-state index in [1.165, 1.54) is 0 Å². The molecule has 0 spiro atoms. The van der Waals surface area contributed by atoms with Crippen LogP contribution in [0.25, 0.3) is 11.0 Å². The Morgan fingerprint density at radius 2 is 2.11 bits per heavy atom. The molecule has 0 amide bonds. The van der Waals surface area contributed by atoms with Crippen LogP contribution in [0.4, 0.5) is 5.82 Å². The Balaban J connectivity index is 1.97. The van der Waals surface area contributed by atoms with Crippen molar-refractivity contribution >= 4 is 28.5 Å². The molecule has 0 aromatic carbocycles. The molecular weight excluding hydrogens is 254 g/mol. The van der Waals surface area contributed by atoms with E-state index in [2.05, 4.69) is 25.1 Å². The molecule has 0 aliphatic carbocycles. The van der Waals surface area contributed by atoms with E-state index in [0.29, 0.717) is 18.5 Å².